The third-order valence-electron chi connectivity index (χ3n) is 5.80. The van der Waals surface area contributed by atoms with Gasteiger partial charge >= 0.3 is 5.97 Å². The topological polar surface area (TPSA) is 73.3 Å². The number of rotatable bonds is 10. The number of hydrogen-bond acceptors (Lipinski definition) is 7. The summed E-state index contributed by atoms with van der Waals surface area (Å²) < 4.78 is 11.1. The van der Waals surface area contributed by atoms with Crippen molar-refractivity contribution in [3.05, 3.63) is 65.0 Å². The number of methoxy groups -OCH3 is 1. The molecular weight excluding hydrogens is 422 g/mol. The molecule has 1 unspecified atom stereocenters. The second kappa shape index (κ2) is 10.8. The lowest BCUT2D eigenvalue weighted by Gasteiger charge is -2.18. The first-order chi connectivity index (χ1) is 15.7. The summed E-state index contributed by atoms with van der Waals surface area (Å²) >= 11 is 1.71. The van der Waals surface area contributed by atoms with Crippen LogP contribution in [0.15, 0.2) is 42.7 Å². The molecule has 1 aromatic carbocycles. The molecule has 32 heavy (non-hydrogen) atoms. The Balaban J connectivity index is 1.61. The Morgan fingerprint density at radius 3 is 2.84 bits per heavy atom. The van der Waals surface area contributed by atoms with E-state index in [0.29, 0.717) is 25.5 Å². The van der Waals surface area contributed by atoms with Gasteiger partial charge in [-0.15, -0.1) is 0 Å². The smallest absolute Gasteiger partial charge is 0.322 e. The fourth-order valence-corrected chi connectivity index (χ4v) is 4.55. The Kier molecular flexibility index (Phi) is 7.60. The van der Waals surface area contributed by atoms with Gasteiger partial charge in [0.2, 0.25) is 5.88 Å². The summed E-state index contributed by atoms with van der Waals surface area (Å²) in [4.78, 5) is 21.3. The van der Waals surface area contributed by atoms with Gasteiger partial charge in [0.25, 0.3) is 0 Å². The number of benzene rings is 1. The standard InChI is InChI=1S/C25H29N3O3S/c1-30-25(29)22(8-10-32-2)27-15-21-12-20-11-18-6-3-7-19(18)13-23(20)28-24(21)31-16-17-5-4-9-26-14-17/h4-5,9,11-14,22,27H,3,6-8,10,15-16H2,1-2H3. The van der Waals surface area contributed by atoms with E-state index in [1.807, 2.05) is 18.4 Å². The van der Waals surface area contributed by atoms with Gasteiger partial charge in [0.1, 0.15) is 12.6 Å². The lowest BCUT2D eigenvalue weighted by molar-refractivity contribution is -0.143. The third kappa shape index (κ3) is 5.40. The molecule has 0 saturated carbocycles. The number of hydrogen-bond donors (Lipinski definition) is 1. The van der Waals surface area contributed by atoms with Gasteiger partial charge in [-0.25, -0.2) is 4.98 Å². The maximum Gasteiger partial charge on any atom is 0.322 e. The molecule has 0 saturated heterocycles. The molecule has 0 bridgehead atoms. The van der Waals surface area contributed by atoms with E-state index in [4.69, 9.17) is 14.5 Å². The Hall–Kier alpha value is -2.64. The molecule has 168 valence electrons. The Morgan fingerprint density at radius 1 is 1.25 bits per heavy atom. The molecule has 0 spiro atoms. The van der Waals surface area contributed by atoms with Crippen LogP contribution >= 0.6 is 11.8 Å². The predicted molar refractivity (Wildman–Crippen MR) is 128 cm³/mol. The van der Waals surface area contributed by atoms with Crippen molar-refractivity contribution in [2.24, 2.45) is 0 Å². The number of carbonyl (C=O) groups excluding carboxylic acids is 1. The monoisotopic (exact) mass is 451 g/mol. The molecular formula is C25H29N3O3S. The molecule has 0 amide bonds. The first kappa shape index (κ1) is 22.6. The van der Waals surface area contributed by atoms with Crippen LogP contribution in [0.4, 0.5) is 0 Å². The first-order valence-corrected chi connectivity index (χ1v) is 12.3. The molecule has 7 heteroatoms. The van der Waals surface area contributed by atoms with Crippen molar-refractivity contribution in [2.75, 3.05) is 19.1 Å². The Labute approximate surface area is 193 Å². The molecule has 1 atom stereocenters. The number of aromatic nitrogens is 2. The van der Waals surface area contributed by atoms with Gasteiger partial charge in [-0.05, 0) is 73.1 Å². The zero-order valence-corrected chi connectivity index (χ0v) is 19.4. The average molecular weight is 452 g/mol. The fourth-order valence-electron chi connectivity index (χ4n) is 4.07. The van der Waals surface area contributed by atoms with E-state index < -0.39 is 0 Å². The molecule has 1 aliphatic carbocycles. The number of thioether (sulfide) groups is 1. The Morgan fingerprint density at radius 2 is 2.09 bits per heavy atom. The highest BCUT2D eigenvalue weighted by Gasteiger charge is 2.20. The summed E-state index contributed by atoms with van der Waals surface area (Å²) in [6.07, 6.45) is 9.70. The van der Waals surface area contributed by atoms with Crippen molar-refractivity contribution in [3.63, 3.8) is 0 Å². The highest BCUT2D eigenvalue weighted by molar-refractivity contribution is 7.98. The van der Waals surface area contributed by atoms with E-state index in [-0.39, 0.29) is 12.0 Å². The molecule has 0 fully saturated rings. The van der Waals surface area contributed by atoms with Crippen LogP contribution in [-0.2, 0) is 35.5 Å². The van der Waals surface area contributed by atoms with Gasteiger partial charge in [0, 0.05) is 35.5 Å². The van der Waals surface area contributed by atoms with Crippen molar-refractivity contribution in [3.8, 4) is 5.88 Å². The van der Waals surface area contributed by atoms with Gasteiger partial charge in [-0.1, -0.05) is 6.07 Å². The normalized spacial score (nSPS) is 13.7. The summed E-state index contributed by atoms with van der Waals surface area (Å²) in [7, 11) is 1.43. The SMILES string of the molecule is COC(=O)C(CCSC)NCc1cc2cc3c(cc2nc1OCc1cccnc1)CCC3. The summed E-state index contributed by atoms with van der Waals surface area (Å²) in [5.74, 6) is 1.21. The highest BCUT2D eigenvalue weighted by Crippen LogP contribution is 2.30. The lowest BCUT2D eigenvalue weighted by Crippen LogP contribution is -2.37. The van der Waals surface area contributed by atoms with Crippen LogP contribution in [0.3, 0.4) is 0 Å². The van der Waals surface area contributed by atoms with E-state index in [9.17, 15) is 4.79 Å². The van der Waals surface area contributed by atoms with Crippen LogP contribution in [0.25, 0.3) is 10.9 Å². The summed E-state index contributed by atoms with van der Waals surface area (Å²) in [6.45, 7) is 0.855. The number of carbonyl (C=O) groups is 1. The third-order valence-corrected chi connectivity index (χ3v) is 6.45. The van der Waals surface area contributed by atoms with Crippen LogP contribution in [0, 0.1) is 0 Å². The molecule has 1 N–H and O–H groups in total. The number of ether oxygens (including phenoxy) is 2. The molecule has 1 aliphatic rings. The van der Waals surface area contributed by atoms with Crippen LogP contribution in [0.2, 0.25) is 0 Å². The van der Waals surface area contributed by atoms with Gasteiger partial charge in [0.05, 0.1) is 12.6 Å². The number of nitrogens with one attached hydrogen (secondary N) is 1. The minimum absolute atomic E-state index is 0.247. The second-order valence-electron chi connectivity index (χ2n) is 8.01. The maximum atomic E-state index is 12.2. The van der Waals surface area contributed by atoms with Gasteiger partial charge in [-0.2, -0.15) is 11.8 Å². The van der Waals surface area contributed by atoms with E-state index in [0.717, 1.165) is 40.6 Å². The molecule has 4 rings (SSSR count). The lowest BCUT2D eigenvalue weighted by atomic mass is 10.0. The van der Waals surface area contributed by atoms with Crippen molar-refractivity contribution in [1.29, 1.82) is 0 Å². The fraction of sp³-hybridized carbons (Fsp3) is 0.400. The van der Waals surface area contributed by atoms with Crippen molar-refractivity contribution in [2.45, 2.75) is 44.9 Å². The quantitative estimate of drug-likeness (QED) is 0.466. The molecule has 0 aliphatic heterocycles. The Bertz CT molecular complexity index is 1070. The van der Waals surface area contributed by atoms with Crippen LogP contribution < -0.4 is 10.1 Å². The van der Waals surface area contributed by atoms with Crippen molar-refractivity contribution < 1.29 is 14.3 Å². The van der Waals surface area contributed by atoms with Crippen molar-refractivity contribution >= 4 is 28.6 Å². The van der Waals surface area contributed by atoms with E-state index in [2.05, 4.69) is 28.5 Å². The number of fused-ring (bicyclic) bond motifs is 2. The predicted octanol–water partition coefficient (Wildman–Crippen LogP) is 4.08. The summed E-state index contributed by atoms with van der Waals surface area (Å²) in [5, 5.41) is 4.46. The van der Waals surface area contributed by atoms with E-state index in [1.165, 1.54) is 24.7 Å². The number of nitrogens with zero attached hydrogens (tertiary/aromatic N) is 2. The zero-order valence-electron chi connectivity index (χ0n) is 18.6. The molecule has 0 radical (unpaired) electrons. The molecule has 3 aromatic rings. The van der Waals surface area contributed by atoms with Crippen molar-refractivity contribution in [1.82, 2.24) is 15.3 Å². The zero-order chi connectivity index (χ0) is 22.3. The molecule has 2 heterocycles. The summed E-state index contributed by atoms with van der Waals surface area (Å²) in [6, 6.07) is 10.1. The van der Waals surface area contributed by atoms with Crippen LogP contribution in [0.5, 0.6) is 5.88 Å². The number of aryl methyl sites for hydroxylation is 2. The van der Waals surface area contributed by atoms with Crippen LogP contribution in [0.1, 0.15) is 35.1 Å². The number of esters is 1. The minimum atomic E-state index is -0.366. The van der Waals surface area contributed by atoms with E-state index >= 15 is 0 Å². The van der Waals surface area contributed by atoms with E-state index in [1.54, 1.807) is 24.2 Å². The molecule has 2 aromatic heterocycles. The summed E-state index contributed by atoms with van der Waals surface area (Å²) in [5.41, 5.74) is 5.65. The van der Waals surface area contributed by atoms with Gasteiger partial charge in [0.15, 0.2) is 0 Å². The maximum absolute atomic E-state index is 12.2. The van der Waals surface area contributed by atoms with Gasteiger partial charge in [-0.3, -0.25) is 9.78 Å². The molecule has 6 nitrogen and oxygen atoms in total. The van der Waals surface area contributed by atoms with Gasteiger partial charge < -0.3 is 14.8 Å². The second-order valence-corrected chi connectivity index (χ2v) is 8.99. The number of pyridine rings is 2. The average Bonchev–Trinajstić information content (AvgIpc) is 3.28. The minimum Gasteiger partial charge on any atom is -0.472 e. The largest absolute Gasteiger partial charge is 0.472 e. The van der Waals surface area contributed by atoms with Crippen LogP contribution in [-0.4, -0.2) is 41.1 Å². The highest BCUT2D eigenvalue weighted by atomic mass is 32.2. The first-order valence-electron chi connectivity index (χ1n) is 10.9.